The average Bonchev–Trinajstić information content (AvgIpc) is 2.77. The van der Waals surface area contributed by atoms with Crippen molar-refractivity contribution in [2.45, 2.75) is 31.8 Å². The van der Waals surface area contributed by atoms with Crippen molar-refractivity contribution < 1.29 is 8.42 Å². The predicted molar refractivity (Wildman–Crippen MR) is 86.3 cm³/mol. The van der Waals surface area contributed by atoms with Crippen LogP contribution < -0.4 is 10.0 Å². The maximum Gasteiger partial charge on any atom is 0.260 e. The Morgan fingerprint density at radius 3 is 2.62 bits per heavy atom. The van der Waals surface area contributed by atoms with Crippen LogP contribution in [0.5, 0.6) is 0 Å². The van der Waals surface area contributed by atoms with Gasteiger partial charge in [0.15, 0.2) is 5.03 Å². The number of nitrogens with one attached hydrogen (secondary N) is 2. The van der Waals surface area contributed by atoms with Gasteiger partial charge in [0.2, 0.25) is 0 Å². The molecule has 0 bridgehead atoms. The highest BCUT2D eigenvalue weighted by Crippen LogP contribution is 2.28. The molecular formula is C14H19N3O2S2. The normalized spacial score (nSPS) is 13.1. The van der Waals surface area contributed by atoms with E-state index in [0.717, 1.165) is 10.4 Å². The Kier molecular flexibility index (Phi) is 4.65. The second kappa shape index (κ2) is 6.13. The molecule has 21 heavy (non-hydrogen) atoms. The number of aryl methyl sites for hydroxylation is 2. The summed E-state index contributed by atoms with van der Waals surface area (Å²) < 4.78 is 27.7. The van der Waals surface area contributed by atoms with Gasteiger partial charge in [-0.2, -0.15) is 0 Å². The van der Waals surface area contributed by atoms with Crippen molar-refractivity contribution in [3.8, 4) is 0 Å². The van der Waals surface area contributed by atoms with E-state index in [9.17, 15) is 8.42 Å². The van der Waals surface area contributed by atoms with Gasteiger partial charge in [-0.15, -0.1) is 11.3 Å². The molecule has 1 unspecified atom stereocenters. The van der Waals surface area contributed by atoms with Crippen molar-refractivity contribution in [1.82, 2.24) is 9.71 Å². The van der Waals surface area contributed by atoms with Crippen molar-refractivity contribution in [2.24, 2.45) is 0 Å². The maximum atomic E-state index is 12.5. The first kappa shape index (κ1) is 15.9. The SMILES string of the molecule is CNc1cccnc1S(=O)(=O)NC(C)c1cc(C)sc1C. The molecule has 5 nitrogen and oxygen atoms in total. The number of anilines is 1. The van der Waals surface area contributed by atoms with E-state index in [1.807, 2.05) is 26.8 Å². The summed E-state index contributed by atoms with van der Waals surface area (Å²) in [7, 11) is -2.00. The largest absolute Gasteiger partial charge is 0.386 e. The Labute approximate surface area is 129 Å². The number of rotatable bonds is 5. The Morgan fingerprint density at radius 2 is 2.05 bits per heavy atom. The molecule has 2 rings (SSSR count). The van der Waals surface area contributed by atoms with Gasteiger partial charge >= 0.3 is 0 Å². The molecule has 0 spiro atoms. The number of thiophene rings is 1. The minimum absolute atomic E-state index is 0.0176. The van der Waals surface area contributed by atoms with Crippen molar-refractivity contribution in [3.05, 3.63) is 39.7 Å². The van der Waals surface area contributed by atoms with Crippen LogP contribution in [0.2, 0.25) is 0 Å². The fourth-order valence-electron chi connectivity index (χ4n) is 2.23. The molecule has 0 saturated heterocycles. The molecule has 0 aliphatic heterocycles. The summed E-state index contributed by atoms with van der Waals surface area (Å²) in [6.07, 6.45) is 1.47. The van der Waals surface area contributed by atoms with Gasteiger partial charge in [0, 0.05) is 29.0 Å². The lowest BCUT2D eigenvalue weighted by atomic mass is 10.1. The zero-order valence-corrected chi connectivity index (χ0v) is 14.1. The van der Waals surface area contributed by atoms with Crippen LogP contribution >= 0.6 is 11.3 Å². The van der Waals surface area contributed by atoms with E-state index >= 15 is 0 Å². The Bertz CT molecular complexity index is 738. The summed E-state index contributed by atoms with van der Waals surface area (Å²) in [6.45, 7) is 5.85. The van der Waals surface area contributed by atoms with Gasteiger partial charge in [0.1, 0.15) is 0 Å². The maximum absolute atomic E-state index is 12.5. The summed E-state index contributed by atoms with van der Waals surface area (Å²) in [5.41, 5.74) is 1.48. The lowest BCUT2D eigenvalue weighted by molar-refractivity contribution is 0.563. The second-order valence-electron chi connectivity index (χ2n) is 4.82. The van der Waals surface area contributed by atoms with Gasteiger partial charge < -0.3 is 5.32 Å². The summed E-state index contributed by atoms with van der Waals surface area (Å²) in [5, 5.41) is 2.87. The molecule has 0 radical (unpaired) electrons. The molecule has 1 atom stereocenters. The highest BCUT2D eigenvalue weighted by Gasteiger charge is 2.23. The van der Waals surface area contributed by atoms with Crippen LogP contribution in [0.15, 0.2) is 29.4 Å². The number of pyridine rings is 1. The standard InChI is InChI=1S/C14H19N3O2S2/c1-9-8-12(11(3)20-9)10(2)17-21(18,19)14-13(15-4)6-5-7-16-14/h5-8,10,15,17H,1-4H3. The number of hydrogen-bond acceptors (Lipinski definition) is 5. The van der Waals surface area contributed by atoms with Gasteiger partial charge in [0.05, 0.1) is 5.69 Å². The van der Waals surface area contributed by atoms with Crippen molar-refractivity contribution in [1.29, 1.82) is 0 Å². The highest BCUT2D eigenvalue weighted by molar-refractivity contribution is 7.89. The Balaban J connectivity index is 2.31. The Morgan fingerprint density at radius 1 is 1.33 bits per heavy atom. The molecule has 2 heterocycles. The van der Waals surface area contributed by atoms with E-state index in [1.165, 1.54) is 11.1 Å². The zero-order chi connectivity index (χ0) is 15.6. The first-order valence-corrected chi connectivity index (χ1v) is 8.87. The minimum atomic E-state index is -3.68. The van der Waals surface area contributed by atoms with Crippen molar-refractivity contribution >= 4 is 27.0 Å². The van der Waals surface area contributed by atoms with Crippen LogP contribution in [0.25, 0.3) is 0 Å². The van der Waals surface area contributed by atoms with Gasteiger partial charge in [-0.1, -0.05) is 0 Å². The quantitative estimate of drug-likeness (QED) is 0.887. The topological polar surface area (TPSA) is 71.1 Å². The third-order valence-corrected chi connectivity index (χ3v) is 5.65. The van der Waals surface area contributed by atoms with Crippen LogP contribution in [0, 0.1) is 13.8 Å². The van der Waals surface area contributed by atoms with Gasteiger partial charge in [-0.3, -0.25) is 0 Å². The third-order valence-electron chi connectivity index (χ3n) is 3.17. The van der Waals surface area contributed by atoms with Crippen LogP contribution in [-0.4, -0.2) is 20.4 Å². The number of sulfonamides is 1. The lowest BCUT2D eigenvalue weighted by Crippen LogP contribution is -2.28. The molecule has 0 aliphatic carbocycles. The van der Waals surface area contributed by atoms with Crippen molar-refractivity contribution in [3.63, 3.8) is 0 Å². The molecule has 0 aromatic carbocycles. The van der Waals surface area contributed by atoms with E-state index in [1.54, 1.807) is 30.5 Å². The average molecular weight is 325 g/mol. The molecular weight excluding hydrogens is 306 g/mol. The molecule has 114 valence electrons. The van der Waals surface area contributed by atoms with E-state index in [4.69, 9.17) is 0 Å². The minimum Gasteiger partial charge on any atom is -0.386 e. The van der Waals surface area contributed by atoms with E-state index < -0.39 is 10.0 Å². The molecule has 0 aliphatic rings. The summed E-state index contributed by atoms with van der Waals surface area (Å²) in [6, 6.07) is 5.10. The Hall–Kier alpha value is -1.44. The summed E-state index contributed by atoms with van der Waals surface area (Å²) in [5.74, 6) is 0. The first-order valence-electron chi connectivity index (χ1n) is 6.57. The van der Waals surface area contributed by atoms with E-state index in [-0.39, 0.29) is 11.1 Å². The molecule has 2 N–H and O–H groups in total. The number of aromatic nitrogens is 1. The van der Waals surface area contributed by atoms with Crippen molar-refractivity contribution in [2.75, 3.05) is 12.4 Å². The van der Waals surface area contributed by atoms with E-state index in [2.05, 4.69) is 15.0 Å². The van der Waals surface area contributed by atoms with Crippen LogP contribution in [-0.2, 0) is 10.0 Å². The zero-order valence-electron chi connectivity index (χ0n) is 12.5. The van der Waals surface area contributed by atoms with Crippen LogP contribution in [0.4, 0.5) is 5.69 Å². The number of hydrogen-bond donors (Lipinski definition) is 2. The molecule has 0 amide bonds. The van der Waals surface area contributed by atoms with Crippen LogP contribution in [0.1, 0.15) is 28.3 Å². The highest BCUT2D eigenvalue weighted by atomic mass is 32.2. The third kappa shape index (κ3) is 3.42. The summed E-state index contributed by atoms with van der Waals surface area (Å²) >= 11 is 1.66. The predicted octanol–water partition coefficient (Wildman–Crippen LogP) is 2.84. The fourth-order valence-corrected chi connectivity index (χ4v) is 4.61. The van der Waals surface area contributed by atoms with Crippen LogP contribution in [0.3, 0.4) is 0 Å². The van der Waals surface area contributed by atoms with E-state index in [0.29, 0.717) is 5.69 Å². The molecule has 0 fully saturated rings. The second-order valence-corrected chi connectivity index (χ2v) is 7.91. The first-order chi connectivity index (χ1) is 9.85. The lowest BCUT2D eigenvalue weighted by Gasteiger charge is -2.15. The monoisotopic (exact) mass is 325 g/mol. The van der Waals surface area contributed by atoms with Gasteiger partial charge in [-0.25, -0.2) is 18.1 Å². The fraction of sp³-hybridized carbons (Fsp3) is 0.357. The number of nitrogens with zero attached hydrogens (tertiary/aromatic N) is 1. The molecule has 7 heteroatoms. The molecule has 2 aromatic rings. The van der Waals surface area contributed by atoms with Gasteiger partial charge in [-0.05, 0) is 44.5 Å². The smallest absolute Gasteiger partial charge is 0.260 e. The summed E-state index contributed by atoms with van der Waals surface area (Å²) in [4.78, 5) is 6.28. The van der Waals surface area contributed by atoms with Gasteiger partial charge in [0.25, 0.3) is 10.0 Å². The molecule has 2 aromatic heterocycles. The molecule has 0 saturated carbocycles.